The van der Waals surface area contributed by atoms with Crippen molar-refractivity contribution in [3.63, 3.8) is 0 Å². The molecular weight excluding hydrogens is 320 g/mol. The Morgan fingerprint density at radius 2 is 1.96 bits per heavy atom. The first-order valence-electron chi connectivity index (χ1n) is 7.99. The van der Waals surface area contributed by atoms with Gasteiger partial charge in [0.05, 0.1) is 4.92 Å². The fourth-order valence-electron chi connectivity index (χ4n) is 2.79. The van der Waals surface area contributed by atoms with E-state index in [0.29, 0.717) is 16.8 Å². The van der Waals surface area contributed by atoms with Crippen LogP contribution in [0.3, 0.4) is 0 Å². The number of nitrogens with one attached hydrogen (secondary N) is 1. The van der Waals surface area contributed by atoms with E-state index in [9.17, 15) is 14.9 Å². The molecule has 3 aromatic rings. The van der Waals surface area contributed by atoms with E-state index in [-0.39, 0.29) is 17.4 Å². The van der Waals surface area contributed by atoms with Crippen molar-refractivity contribution in [3.8, 4) is 0 Å². The van der Waals surface area contributed by atoms with Crippen molar-refractivity contribution in [1.29, 1.82) is 0 Å². The minimum absolute atomic E-state index is 0.0116. The van der Waals surface area contributed by atoms with Gasteiger partial charge in [0.2, 0.25) is 0 Å². The van der Waals surface area contributed by atoms with E-state index in [1.807, 2.05) is 25.1 Å². The van der Waals surface area contributed by atoms with Crippen molar-refractivity contribution in [2.24, 2.45) is 0 Å². The predicted octanol–water partition coefficient (Wildman–Crippen LogP) is 4.77. The molecule has 0 radical (unpaired) electrons. The second-order valence-corrected chi connectivity index (χ2v) is 5.95. The number of anilines is 1. The molecule has 0 spiro atoms. The number of aryl methyl sites for hydroxylation is 3. The minimum atomic E-state index is -0.465. The zero-order valence-electron chi connectivity index (χ0n) is 14.3. The molecule has 0 atom stereocenters. The molecule has 1 heterocycles. The maximum absolute atomic E-state index is 12.6. The average molecular weight is 338 g/mol. The number of benzene rings is 2. The minimum Gasteiger partial charge on any atom is -0.451 e. The number of hydrogen-bond donors (Lipinski definition) is 1. The summed E-state index contributed by atoms with van der Waals surface area (Å²) in [6.07, 6.45) is 0.907. The van der Waals surface area contributed by atoms with Gasteiger partial charge in [-0.1, -0.05) is 13.0 Å². The Morgan fingerprint density at radius 3 is 2.60 bits per heavy atom. The second-order valence-electron chi connectivity index (χ2n) is 5.95. The summed E-state index contributed by atoms with van der Waals surface area (Å²) in [6, 6.07) is 10.2. The number of carbonyl (C=O) groups is 1. The molecule has 6 nitrogen and oxygen atoms in total. The van der Waals surface area contributed by atoms with Crippen LogP contribution >= 0.6 is 0 Å². The van der Waals surface area contributed by atoms with E-state index in [2.05, 4.69) is 12.2 Å². The van der Waals surface area contributed by atoms with Gasteiger partial charge >= 0.3 is 0 Å². The van der Waals surface area contributed by atoms with Crippen molar-refractivity contribution >= 4 is 28.3 Å². The van der Waals surface area contributed by atoms with Crippen LogP contribution in [0, 0.1) is 24.0 Å². The number of furan rings is 1. The molecule has 0 unspecified atom stereocenters. The zero-order chi connectivity index (χ0) is 18.1. The van der Waals surface area contributed by atoms with Crippen LogP contribution in [0.1, 0.15) is 34.2 Å². The van der Waals surface area contributed by atoms with Crippen LogP contribution < -0.4 is 5.32 Å². The van der Waals surface area contributed by atoms with E-state index in [0.717, 1.165) is 17.4 Å². The van der Waals surface area contributed by atoms with Crippen molar-refractivity contribution in [1.82, 2.24) is 0 Å². The fourth-order valence-corrected chi connectivity index (χ4v) is 2.79. The lowest BCUT2D eigenvalue weighted by atomic mass is 10.1. The molecule has 0 aliphatic rings. The van der Waals surface area contributed by atoms with Crippen LogP contribution in [-0.4, -0.2) is 10.8 Å². The normalized spacial score (nSPS) is 10.8. The van der Waals surface area contributed by atoms with Gasteiger partial charge in [0.25, 0.3) is 11.6 Å². The second kappa shape index (κ2) is 6.39. The van der Waals surface area contributed by atoms with Gasteiger partial charge in [-0.2, -0.15) is 0 Å². The Hall–Kier alpha value is -3.15. The first-order chi connectivity index (χ1) is 11.9. The monoisotopic (exact) mass is 338 g/mol. The summed E-state index contributed by atoms with van der Waals surface area (Å²) in [6.45, 7) is 5.63. The lowest BCUT2D eigenvalue weighted by Gasteiger charge is -2.07. The van der Waals surface area contributed by atoms with Crippen LogP contribution in [0.15, 0.2) is 40.8 Å². The third-order valence-electron chi connectivity index (χ3n) is 4.28. The molecule has 1 amide bonds. The topological polar surface area (TPSA) is 85.4 Å². The van der Waals surface area contributed by atoms with Crippen LogP contribution in [0.2, 0.25) is 0 Å². The highest BCUT2D eigenvalue weighted by Crippen LogP contribution is 2.28. The van der Waals surface area contributed by atoms with Gasteiger partial charge in [0.15, 0.2) is 5.76 Å². The largest absolute Gasteiger partial charge is 0.451 e. The van der Waals surface area contributed by atoms with Crippen LogP contribution in [0.5, 0.6) is 0 Å². The fraction of sp³-hybridized carbons (Fsp3) is 0.211. The highest BCUT2D eigenvalue weighted by atomic mass is 16.6. The summed E-state index contributed by atoms with van der Waals surface area (Å²) in [5.74, 6) is -0.121. The number of nitro groups is 1. The van der Waals surface area contributed by atoms with Crippen LogP contribution in [0.25, 0.3) is 11.0 Å². The highest BCUT2D eigenvalue weighted by molar-refractivity contribution is 6.06. The van der Waals surface area contributed by atoms with Gasteiger partial charge in [-0.3, -0.25) is 14.9 Å². The molecule has 128 valence electrons. The molecule has 0 fully saturated rings. The zero-order valence-corrected chi connectivity index (χ0v) is 14.3. The van der Waals surface area contributed by atoms with Crippen LogP contribution in [0.4, 0.5) is 11.4 Å². The van der Waals surface area contributed by atoms with E-state index < -0.39 is 4.92 Å². The maximum atomic E-state index is 12.6. The molecule has 1 N–H and O–H groups in total. The Bertz CT molecular complexity index is 988. The summed E-state index contributed by atoms with van der Waals surface area (Å²) in [4.78, 5) is 22.9. The molecular formula is C19H18N2O4. The Morgan fingerprint density at radius 1 is 1.20 bits per heavy atom. The molecule has 6 heteroatoms. The molecule has 0 aliphatic carbocycles. The van der Waals surface area contributed by atoms with Gasteiger partial charge in [0.1, 0.15) is 5.58 Å². The number of carbonyl (C=O) groups excluding carboxylic acids is 1. The molecule has 1 aromatic heterocycles. The molecule has 25 heavy (non-hydrogen) atoms. The van der Waals surface area contributed by atoms with Crippen molar-refractivity contribution in [3.05, 3.63) is 69.0 Å². The SMILES string of the molecule is CCc1ccc2oc(C(=O)Nc3ccc([N+](=O)[O-])cc3C)c(C)c2c1. The Balaban J connectivity index is 1.92. The molecule has 3 rings (SSSR count). The summed E-state index contributed by atoms with van der Waals surface area (Å²) in [5, 5.41) is 14.5. The summed E-state index contributed by atoms with van der Waals surface area (Å²) in [7, 11) is 0. The standard InChI is InChI=1S/C19H18N2O4/c1-4-13-5-8-17-15(10-13)12(3)18(25-17)19(22)20-16-7-6-14(21(23)24)9-11(16)2/h5-10H,4H2,1-3H3,(H,20,22). The predicted molar refractivity (Wildman–Crippen MR) is 96.1 cm³/mol. The molecule has 0 saturated carbocycles. The molecule has 0 saturated heterocycles. The Kier molecular flexibility index (Phi) is 4.27. The van der Waals surface area contributed by atoms with Crippen molar-refractivity contribution in [2.75, 3.05) is 5.32 Å². The lowest BCUT2D eigenvalue weighted by Crippen LogP contribution is -2.13. The van der Waals surface area contributed by atoms with E-state index >= 15 is 0 Å². The third-order valence-corrected chi connectivity index (χ3v) is 4.28. The van der Waals surface area contributed by atoms with E-state index in [1.54, 1.807) is 6.92 Å². The maximum Gasteiger partial charge on any atom is 0.291 e. The highest BCUT2D eigenvalue weighted by Gasteiger charge is 2.19. The van der Waals surface area contributed by atoms with Gasteiger partial charge in [-0.05, 0) is 49.6 Å². The third kappa shape index (κ3) is 3.10. The van der Waals surface area contributed by atoms with Gasteiger partial charge in [-0.15, -0.1) is 0 Å². The van der Waals surface area contributed by atoms with E-state index in [1.165, 1.54) is 23.8 Å². The number of amides is 1. The van der Waals surface area contributed by atoms with Gasteiger partial charge in [0, 0.05) is 28.8 Å². The quantitative estimate of drug-likeness (QED) is 0.548. The summed E-state index contributed by atoms with van der Waals surface area (Å²) >= 11 is 0. The molecule has 2 aromatic carbocycles. The first-order valence-corrected chi connectivity index (χ1v) is 7.99. The number of nitrogens with zero attached hydrogens (tertiary/aromatic N) is 1. The number of nitro benzene ring substituents is 1. The van der Waals surface area contributed by atoms with Crippen LogP contribution in [-0.2, 0) is 6.42 Å². The summed E-state index contributed by atoms with van der Waals surface area (Å²) < 4.78 is 5.71. The smallest absolute Gasteiger partial charge is 0.291 e. The summed E-state index contributed by atoms with van der Waals surface area (Å²) in [5.41, 5.74) is 3.74. The number of fused-ring (bicyclic) bond motifs is 1. The van der Waals surface area contributed by atoms with E-state index in [4.69, 9.17) is 4.42 Å². The first kappa shape index (κ1) is 16.7. The number of hydrogen-bond acceptors (Lipinski definition) is 4. The lowest BCUT2D eigenvalue weighted by molar-refractivity contribution is -0.384. The van der Waals surface area contributed by atoms with Gasteiger partial charge in [-0.25, -0.2) is 0 Å². The Labute approximate surface area is 144 Å². The molecule has 0 bridgehead atoms. The number of rotatable bonds is 4. The van der Waals surface area contributed by atoms with Crippen molar-refractivity contribution < 1.29 is 14.1 Å². The number of non-ortho nitro benzene ring substituents is 1. The van der Waals surface area contributed by atoms with Gasteiger partial charge < -0.3 is 9.73 Å². The average Bonchev–Trinajstić information content (AvgIpc) is 2.92. The van der Waals surface area contributed by atoms with Crippen molar-refractivity contribution in [2.45, 2.75) is 27.2 Å². The molecule has 0 aliphatic heterocycles.